The maximum absolute atomic E-state index is 13.1. The van der Waals surface area contributed by atoms with E-state index in [1.807, 2.05) is 85.8 Å². The third-order valence-corrected chi connectivity index (χ3v) is 4.51. The third-order valence-electron chi connectivity index (χ3n) is 4.51. The maximum Gasteiger partial charge on any atom is 0.246 e. The summed E-state index contributed by atoms with van der Waals surface area (Å²) in [4.78, 5) is 13.1. The minimum atomic E-state index is -0.506. The highest BCUT2D eigenvalue weighted by Crippen LogP contribution is 2.25. The van der Waals surface area contributed by atoms with E-state index in [0.717, 1.165) is 16.9 Å². The van der Waals surface area contributed by atoms with E-state index >= 15 is 0 Å². The first kappa shape index (κ1) is 20.4. The van der Waals surface area contributed by atoms with Gasteiger partial charge in [-0.15, -0.1) is 0 Å². The molecule has 0 unspecified atom stereocenters. The zero-order valence-electron chi connectivity index (χ0n) is 16.7. The number of methoxy groups -OCH3 is 1. The summed E-state index contributed by atoms with van der Waals surface area (Å²) in [5, 5.41) is 6.37. The average Bonchev–Trinajstić information content (AvgIpc) is 2.76. The summed E-state index contributed by atoms with van der Waals surface area (Å²) in [5.41, 5.74) is 2.62. The molecular formula is C24H26N2O3. The molecule has 150 valence electrons. The standard InChI is InChI=1S/C24H26N2O3/c1-3-29-22-12-8-7-11-21(22)26-24(27)23(19-9-5-4-6-10-19)25-17-18-13-15-20(28-2)16-14-18/h4-16,23,25H,3,17H2,1-2H3,(H,26,27)/t23-/m1/s1. The minimum Gasteiger partial charge on any atom is -0.497 e. The molecular weight excluding hydrogens is 364 g/mol. The smallest absolute Gasteiger partial charge is 0.246 e. The summed E-state index contributed by atoms with van der Waals surface area (Å²) >= 11 is 0. The first-order valence-corrected chi connectivity index (χ1v) is 9.65. The van der Waals surface area contributed by atoms with Gasteiger partial charge in [0.05, 0.1) is 19.4 Å². The van der Waals surface area contributed by atoms with E-state index in [0.29, 0.717) is 24.6 Å². The normalized spacial score (nSPS) is 11.5. The van der Waals surface area contributed by atoms with Gasteiger partial charge in [0.2, 0.25) is 5.91 Å². The molecule has 1 atom stereocenters. The molecule has 3 rings (SSSR count). The predicted octanol–water partition coefficient (Wildman–Crippen LogP) is 4.56. The van der Waals surface area contributed by atoms with E-state index in [2.05, 4.69) is 10.6 Å². The van der Waals surface area contributed by atoms with E-state index in [9.17, 15) is 4.79 Å². The molecule has 0 saturated carbocycles. The second-order valence-electron chi connectivity index (χ2n) is 6.49. The van der Waals surface area contributed by atoms with E-state index in [4.69, 9.17) is 9.47 Å². The van der Waals surface area contributed by atoms with Gasteiger partial charge in [-0.2, -0.15) is 0 Å². The maximum atomic E-state index is 13.1. The number of ether oxygens (including phenoxy) is 2. The number of carbonyl (C=O) groups excluding carboxylic acids is 1. The summed E-state index contributed by atoms with van der Waals surface area (Å²) in [6.45, 7) is 3.00. The van der Waals surface area contributed by atoms with Gasteiger partial charge >= 0.3 is 0 Å². The van der Waals surface area contributed by atoms with E-state index in [1.165, 1.54) is 0 Å². The van der Waals surface area contributed by atoms with E-state index in [-0.39, 0.29) is 5.91 Å². The molecule has 0 radical (unpaired) electrons. The molecule has 0 heterocycles. The predicted molar refractivity (Wildman–Crippen MR) is 115 cm³/mol. The summed E-state index contributed by atoms with van der Waals surface area (Å²) in [5.74, 6) is 1.32. The minimum absolute atomic E-state index is 0.142. The Kier molecular flexibility index (Phi) is 7.25. The molecule has 5 nitrogen and oxygen atoms in total. The van der Waals surface area contributed by atoms with Crippen LogP contribution in [0.15, 0.2) is 78.9 Å². The van der Waals surface area contributed by atoms with E-state index in [1.54, 1.807) is 7.11 Å². The lowest BCUT2D eigenvalue weighted by Gasteiger charge is -2.20. The van der Waals surface area contributed by atoms with Crippen LogP contribution < -0.4 is 20.1 Å². The Morgan fingerprint density at radius 3 is 2.31 bits per heavy atom. The number of rotatable bonds is 9. The van der Waals surface area contributed by atoms with Crippen molar-refractivity contribution in [2.75, 3.05) is 19.0 Å². The van der Waals surface area contributed by atoms with Gasteiger partial charge in [0.15, 0.2) is 0 Å². The molecule has 0 aliphatic heterocycles. The zero-order valence-corrected chi connectivity index (χ0v) is 16.7. The Hall–Kier alpha value is -3.31. The monoisotopic (exact) mass is 390 g/mol. The van der Waals surface area contributed by atoms with Gasteiger partial charge < -0.3 is 14.8 Å². The SMILES string of the molecule is CCOc1ccccc1NC(=O)[C@H](NCc1ccc(OC)cc1)c1ccccc1. The van der Waals surface area contributed by atoms with Gasteiger partial charge in [0.1, 0.15) is 17.5 Å². The lowest BCUT2D eigenvalue weighted by molar-refractivity contribution is -0.118. The van der Waals surface area contributed by atoms with Crippen LogP contribution in [0.5, 0.6) is 11.5 Å². The van der Waals surface area contributed by atoms with Crippen LogP contribution in [0.1, 0.15) is 24.1 Å². The second-order valence-corrected chi connectivity index (χ2v) is 6.49. The number of anilines is 1. The van der Waals surface area contributed by atoms with Crippen LogP contribution >= 0.6 is 0 Å². The molecule has 0 spiro atoms. The molecule has 3 aromatic carbocycles. The lowest BCUT2D eigenvalue weighted by atomic mass is 10.1. The van der Waals surface area contributed by atoms with Crippen molar-refractivity contribution in [2.24, 2.45) is 0 Å². The van der Waals surface area contributed by atoms with Crippen molar-refractivity contribution in [1.82, 2.24) is 5.32 Å². The van der Waals surface area contributed by atoms with Gasteiger partial charge in [0.25, 0.3) is 0 Å². The number of nitrogens with one attached hydrogen (secondary N) is 2. The Bertz CT molecular complexity index is 911. The van der Waals surface area contributed by atoms with Crippen LogP contribution in [0.25, 0.3) is 0 Å². The van der Waals surface area contributed by atoms with Crippen LogP contribution in [-0.4, -0.2) is 19.6 Å². The number of benzene rings is 3. The van der Waals surface area contributed by atoms with E-state index < -0.39 is 6.04 Å². The summed E-state index contributed by atoms with van der Waals surface area (Å²) in [6.07, 6.45) is 0. The van der Waals surface area contributed by atoms with Crippen molar-refractivity contribution in [2.45, 2.75) is 19.5 Å². The molecule has 0 aliphatic carbocycles. The summed E-state index contributed by atoms with van der Waals surface area (Å²) in [7, 11) is 1.64. The van der Waals surface area contributed by atoms with Crippen molar-refractivity contribution >= 4 is 11.6 Å². The first-order valence-electron chi connectivity index (χ1n) is 9.65. The Balaban J connectivity index is 1.77. The van der Waals surface area contributed by atoms with Gasteiger partial charge in [-0.3, -0.25) is 10.1 Å². The van der Waals surface area contributed by atoms with Crippen LogP contribution in [0.4, 0.5) is 5.69 Å². The van der Waals surface area contributed by atoms with Crippen molar-refractivity contribution < 1.29 is 14.3 Å². The Morgan fingerprint density at radius 1 is 0.931 bits per heavy atom. The highest BCUT2D eigenvalue weighted by molar-refractivity contribution is 5.96. The fraction of sp³-hybridized carbons (Fsp3) is 0.208. The molecule has 29 heavy (non-hydrogen) atoms. The highest BCUT2D eigenvalue weighted by Gasteiger charge is 2.21. The van der Waals surface area contributed by atoms with Crippen molar-refractivity contribution in [1.29, 1.82) is 0 Å². The number of hydrogen-bond donors (Lipinski definition) is 2. The lowest BCUT2D eigenvalue weighted by Crippen LogP contribution is -2.32. The molecule has 0 aromatic heterocycles. The fourth-order valence-electron chi connectivity index (χ4n) is 3.03. The van der Waals surface area contributed by atoms with Gasteiger partial charge in [-0.25, -0.2) is 0 Å². The van der Waals surface area contributed by atoms with Crippen LogP contribution in [-0.2, 0) is 11.3 Å². The first-order chi connectivity index (χ1) is 14.2. The molecule has 0 bridgehead atoms. The fourth-order valence-corrected chi connectivity index (χ4v) is 3.03. The average molecular weight is 390 g/mol. The van der Waals surface area contributed by atoms with Crippen LogP contribution in [0.2, 0.25) is 0 Å². The molecule has 5 heteroatoms. The topological polar surface area (TPSA) is 59.6 Å². The molecule has 1 amide bonds. The number of hydrogen-bond acceptors (Lipinski definition) is 4. The molecule has 0 aliphatic rings. The van der Waals surface area contributed by atoms with Crippen molar-refractivity contribution in [3.05, 3.63) is 90.0 Å². The molecule has 0 saturated heterocycles. The second kappa shape index (κ2) is 10.3. The quantitative estimate of drug-likeness (QED) is 0.562. The summed E-state index contributed by atoms with van der Waals surface area (Å²) < 4.78 is 10.8. The summed E-state index contributed by atoms with van der Waals surface area (Å²) in [6, 6.07) is 24.4. The highest BCUT2D eigenvalue weighted by atomic mass is 16.5. The Morgan fingerprint density at radius 2 is 1.62 bits per heavy atom. The molecule has 0 fully saturated rings. The largest absolute Gasteiger partial charge is 0.497 e. The molecule has 3 aromatic rings. The number of para-hydroxylation sites is 2. The zero-order chi connectivity index (χ0) is 20.5. The van der Waals surface area contributed by atoms with Crippen LogP contribution in [0, 0.1) is 0 Å². The van der Waals surface area contributed by atoms with Crippen LogP contribution in [0.3, 0.4) is 0 Å². The molecule has 2 N–H and O–H groups in total. The Labute approximate surface area is 171 Å². The van der Waals surface area contributed by atoms with Gasteiger partial charge in [0, 0.05) is 6.54 Å². The number of amides is 1. The van der Waals surface area contributed by atoms with Crippen molar-refractivity contribution in [3.8, 4) is 11.5 Å². The van der Waals surface area contributed by atoms with Gasteiger partial charge in [-0.1, -0.05) is 54.6 Å². The third kappa shape index (κ3) is 5.59. The number of carbonyl (C=O) groups is 1. The van der Waals surface area contributed by atoms with Crippen molar-refractivity contribution in [3.63, 3.8) is 0 Å². The van der Waals surface area contributed by atoms with Gasteiger partial charge in [-0.05, 0) is 42.3 Å².